The van der Waals surface area contributed by atoms with Gasteiger partial charge in [-0.1, -0.05) is 49.2 Å². The number of allylic oxidation sites excluding steroid dienone is 3. The van der Waals surface area contributed by atoms with Gasteiger partial charge in [-0.3, -0.25) is 4.79 Å². The number of benzene rings is 1. The minimum absolute atomic E-state index is 0.00140. The minimum atomic E-state index is -0.0951. The van der Waals surface area contributed by atoms with Crippen LogP contribution in [0.1, 0.15) is 59.8 Å². The summed E-state index contributed by atoms with van der Waals surface area (Å²) in [5.41, 5.74) is 4.12. The van der Waals surface area contributed by atoms with Crippen LogP contribution in [0.4, 0.5) is 0 Å². The van der Waals surface area contributed by atoms with Gasteiger partial charge in [0, 0.05) is 27.9 Å². The van der Waals surface area contributed by atoms with E-state index in [1.165, 1.54) is 17.7 Å². The average molecular weight is 442 g/mol. The van der Waals surface area contributed by atoms with E-state index in [1.54, 1.807) is 11.3 Å². The number of aryl methyl sites for hydroxylation is 2. The second-order valence-electron chi connectivity index (χ2n) is 7.99. The maximum atomic E-state index is 13.2. The maximum Gasteiger partial charge on any atom is 0.248 e. The highest BCUT2D eigenvalue weighted by Crippen LogP contribution is 2.32. The third-order valence-corrected chi connectivity index (χ3v) is 7.54. The van der Waals surface area contributed by atoms with E-state index in [9.17, 15) is 4.79 Å². The van der Waals surface area contributed by atoms with Crippen molar-refractivity contribution in [3.8, 4) is 0 Å². The van der Waals surface area contributed by atoms with Crippen LogP contribution in [0.2, 0.25) is 5.02 Å². The molecule has 2 atom stereocenters. The van der Waals surface area contributed by atoms with E-state index < -0.39 is 0 Å². The molecule has 2 N–H and O–H groups in total. The van der Waals surface area contributed by atoms with Gasteiger partial charge in [0.1, 0.15) is 5.01 Å². The molecule has 4 nitrogen and oxygen atoms in total. The van der Waals surface area contributed by atoms with Crippen molar-refractivity contribution in [3.63, 3.8) is 0 Å². The Morgan fingerprint density at radius 3 is 2.77 bits per heavy atom. The van der Waals surface area contributed by atoms with Crippen molar-refractivity contribution in [2.45, 2.75) is 58.0 Å². The SMILES string of the molecule is CCc1sc(C(NC(=O)C2=CC=C(c3ccc(Cl)cc3)C2)C2CCCCN2)nc1C. The first-order valence-electron chi connectivity index (χ1n) is 10.7. The molecule has 2 heterocycles. The lowest BCUT2D eigenvalue weighted by Crippen LogP contribution is -2.46. The molecule has 0 radical (unpaired) electrons. The van der Waals surface area contributed by atoms with Crippen LogP contribution in [0.15, 0.2) is 42.0 Å². The quantitative estimate of drug-likeness (QED) is 0.632. The van der Waals surface area contributed by atoms with E-state index in [4.69, 9.17) is 16.6 Å². The van der Waals surface area contributed by atoms with Crippen molar-refractivity contribution < 1.29 is 4.79 Å². The van der Waals surface area contributed by atoms with Gasteiger partial charge in [0.2, 0.25) is 5.91 Å². The molecule has 1 aromatic heterocycles. The molecule has 1 aliphatic heterocycles. The summed E-state index contributed by atoms with van der Waals surface area (Å²) in [5, 5.41) is 8.66. The Morgan fingerprint density at radius 2 is 2.10 bits per heavy atom. The summed E-state index contributed by atoms with van der Waals surface area (Å²) in [6, 6.07) is 7.91. The van der Waals surface area contributed by atoms with Crippen molar-refractivity contribution in [3.05, 3.63) is 68.2 Å². The van der Waals surface area contributed by atoms with E-state index in [-0.39, 0.29) is 18.0 Å². The van der Waals surface area contributed by atoms with E-state index in [0.717, 1.165) is 51.8 Å². The number of carbonyl (C=O) groups excluding carboxylic acids is 1. The number of nitrogens with zero attached hydrogens (tertiary/aromatic N) is 1. The molecule has 1 amide bonds. The molecule has 1 fully saturated rings. The third-order valence-electron chi connectivity index (χ3n) is 5.91. The number of hydrogen-bond donors (Lipinski definition) is 2. The van der Waals surface area contributed by atoms with Gasteiger partial charge in [-0.2, -0.15) is 0 Å². The maximum absolute atomic E-state index is 13.2. The largest absolute Gasteiger partial charge is 0.341 e. The van der Waals surface area contributed by atoms with Crippen molar-refractivity contribution in [1.29, 1.82) is 0 Å². The highest BCUT2D eigenvalue weighted by molar-refractivity contribution is 7.11. The Labute approximate surface area is 187 Å². The summed E-state index contributed by atoms with van der Waals surface area (Å²) in [6.07, 6.45) is 9.01. The van der Waals surface area contributed by atoms with Crippen molar-refractivity contribution in [2.24, 2.45) is 0 Å². The van der Waals surface area contributed by atoms with E-state index >= 15 is 0 Å². The number of aromatic nitrogens is 1. The van der Waals surface area contributed by atoms with Crippen molar-refractivity contribution in [1.82, 2.24) is 15.6 Å². The predicted octanol–water partition coefficient (Wildman–Crippen LogP) is 5.38. The summed E-state index contributed by atoms with van der Waals surface area (Å²) in [6.45, 7) is 5.21. The number of piperidine rings is 1. The zero-order valence-electron chi connectivity index (χ0n) is 17.5. The zero-order valence-corrected chi connectivity index (χ0v) is 19.1. The summed E-state index contributed by atoms with van der Waals surface area (Å²) in [5.74, 6) is -0.00140. The lowest BCUT2D eigenvalue weighted by Gasteiger charge is -2.31. The lowest BCUT2D eigenvalue weighted by atomic mass is 9.97. The third kappa shape index (κ3) is 4.69. The topological polar surface area (TPSA) is 54.0 Å². The molecule has 2 unspecified atom stereocenters. The number of nitrogens with one attached hydrogen (secondary N) is 2. The van der Waals surface area contributed by atoms with Gasteiger partial charge in [-0.25, -0.2) is 4.98 Å². The van der Waals surface area contributed by atoms with Gasteiger partial charge < -0.3 is 10.6 Å². The number of amides is 1. The highest BCUT2D eigenvalue weighted by atomic mass is 35.5. The van der Waals surface area contributed by atoms with Gasteiger partial charge in [-0.15, -0.1) is 11.3 Å². The highest BCUT2D eigenvalue weighted by Gasteiger charge is 2.30. The molecule has 1 aliphatic carbocycles. The van der Waals surface area contributed by atoms with Gasteiger partial charge in [0.05, 0.1) is 11.7 Å². The molecule has 6 heteroatoms. The molecule has 0 bridgehead atoms. The van der Waals surface area contributed by atoms with Crippen LogP contribution < -0.4 is 10.6 Å². The van der Waals surface area contributed by atoms with E-state index in [1.807, 2.05) is 36.4 Å². The summed E-state index contributed by atoms with van der Waals surface area (Å²) >= 11 is 7.74. The first-order chi connectivity index (χ1) is 14.5. The fourth-order valence-electron chi connectivity index (χ4n) is 4.19. The zero-order chi connectivity index (χ0) is 21.1. The molecule has 4 rings (SSSR count). The van der Waals surface area contributed by atoms with Crippen LogP contribution in [0.25, 0.3) is 5.57 Å². The predicted molar refractivity (Wildman–Crippen MR) is 125 cm³/mol. The van der Waals surface area contributed by atoms with Crippen LogP contribution in [0.3, 0.4) is 0 Å². The first kappa shape index (κ1) is 21.3. The molecular formula is C24H28ClN3OS. The lowest BCUT2D eigenvalue weighted by molar-refractivity contribution is -0.118. The molecular weight excluding hydrogens is 414 g/mol. The second-order valence-corrected chi connectivity index (χ2v) is 9.54. The van der Waals surface area contributed by atoms with Gasteiger partial charge in [0.15, 0.2) is 0 Å². The summed E-state index contributed by atoms with van der Waals surface area (Å²) < 4.78 is 0. The monoisotopic (exact) mass is 441 g/mol. The Hall–Kier alpha value is -1.95. The normalized spacial score (nSPS) is 19.9. The van der Waals surface area contributed by atoms with Crippen LogP contribution in [0, 0.1) is 6.92 Å². The molecule has 0 spiro atoms. The second kappa shape index (κ2) is 9.46. The van der Waals surface area contributed by atoms with Gasteiger partial charge in [-0.05, 0) is 56.0 Å². The number of thiazole rings is 1. The molecule has 30 heavy (non-hydrogen) atoms. The van der Waals surface area contributed by atoms with Gasteiger partial charge >= 0.3 is 0 Å². The van der Waals surface area contributed by atoms with Crippen LogP contribution >= 0.6 is 22.9 Å². The number of rotatable bonds is 6. The van der Waals surface area contributed by atoms with Crippen molar-refractivity contribution in [2.75, 3.05) is 6.54 Å². The number of carbonyl (C=O) groups is 1. The van der Waals surface area contributed by atoms with Crippen molar-refractivity contribution >= 4 is 34.4 Å². The average Bonchev–Trinajstić information content (AvgIpc) is 3.40. The summed E-state index contributed by atoms with van der Waals surface area (Å²) in [4.78, 5) is 19.3. The minimum Gasteiger partial charge on any atom is -0.341 e. The fraction of sp³-hybridized carbons (Fsp3) is 0.417. The molecule has 1 saturated heterocycles. The Kier molecular flexibility index (Phi) is 6.71. The first-order valence-corrected chi connectivity index (χ1v) is 11.9. The number of hydrogen-bond acceptors (Lipinski definition) is 4. The molecule has 0 saturated carbocycles. The molecule has 2 aliphatic rings. The number of halogens is 1. The standard InChI is InChI=1S/C24H28ClN3OS/c1-3-21-15(2)27-24(30-21)22(20-6-4-5-13-26-20)28-23(29)18-8-7-17(14-18)16-9-11-19(25)12-10-16/h7-12,20,22,26H,3-6,13-14H2,1-2H3,(H,28,29). The molecule has 1 aromatic carbocycles. The summed E-state index contributed by atoms with van der Waals surface area (Å²) in [7, 11) is 0. The smallest absolute Gasteiger partial charge is 0.248 e. The molecule has 158 valence electrons. The Balaban J connectivity index is 1.48. The van der Waals surface area contributed by atoms with Crippen LogP contribution in [-0.4, -0.2) is 23.5 Å². The van der Waals surface area contributed by atoms with E-state index in [0.29, 0.717) is 6.42 Å². The van der Waals surface area contributed by atoms with Crippen LogP contribution in [-0.2, 0) is 11.2 Å². The van der Waals surface area contributed by atoms with Gasteiger partial charge in [0.25, 0.3) is 0 Å². The van der Waals surface area contributed by atoms with E-state index in [2.05, 4.69) is 24.5 Å². The van der Waals surface area contributed by atoms with Crippen LogP contribution in [0.5, 0.6) is 0 Å². The Bertz CT molecular complexity index is 971. The Morgan fingerprint density at radius 1 is 1.30 bits per heavy atom. The fourth-order valence-corrected chi connectivity index (χ4v) is 5.43. The molecule has 2 aromatic rings.